The summed E-state index contributed by atoms with van der Waals surface area (Å²) in [6.07, 6.45) is 4.25. The highest BCUT2D eigenvalue weighted by Gasteiger charge is 2.27. The summed E-state index contributed by atoms with van der Waals surface area (Å²) in [6, 6.07) is 7.91. The topological polar surface area (TPSA) is 67.4 Å². The molecule has 136 valence electrons. The first kappa shape index (κ1) is 17.0. The zero-order valence-electron chi connectivity index (χ0n) is 15.1. The molecule has 6 heteroatoms. The number of rotatable bonds is 3. The second kappa shape index (κ2) is 7.41. The molecule has 2 aliphatic rings. The first-order valence-corrected chi connectivity index (χ1v) is 9.24. The number of carbonyl (C=O) groups excluding carboxylic acids is 1. The van der Waals surface area contributed by atoms with Crippen LogP contribution in [0.4, 0.5) is 11.6 Å². The van der Waals surface area contributed by atoms with Gasteiger partial charge in [0, 0.05) is 36.6 Å². The highest BCUT2D eigenvalue weighted by molar-refractivity contribution is 5.93. The Morgan fingerprint density at radius 3 is 2.96 bits per heavy atom. The molecule has 1 unspecified atom stereocenters. The molecule has 26 heavy (non-hydrogen) atoms. The molecule has 2 heterocycles. The normalized spacial score (nSPS) is 19.7. The average Bonchev–Trinajstić information content (AvgIpc) is 2.68. The van der Waals surface area contributed by atoms with Crippen molar-refractivity contribution in [2.75, 3.05) is 36.5 Å². The van der Waals surface area contributed by atoms with Crippen LogP contribution in [-0.4, -0.2) is 42.2 Å². The van der Waals surface area contributed by atoms with Crippen LogP contribution in [0, 0.1) is 12.8 Å². The Balaban J connectivity index is 1.43. The number of amides is 1. The van der Waals surface area contributed by atoms with Crippen molar-refractivity contribution in [2.45, 2.75) is 26.2 Å². The van der Waals surface area contributed by atoms with Crippen LogP contribution in [0.25, 0.3) is 0 Å². The molecular formula is C20H24N4O2. The molecule has 0 radical (unpaired) electrons. The Bertz CT molecular complexity index is 802. The summed E-state index contributed by atoms with van der Waals surface area (Å²) in [4.78, 5) is 24.1. The Kier molecular flexibility index (Phi) is 4.84. The van der Waals surface area contributed by atoms with Gasteiger partial charge in [-0.05, 0) is 49.4 Å². The largest absolute Gasteiger partial charge is 0.378 e. The minimum absolute atomic E-state index is 0.0270. The van der Waals surface area contributed by atoms with Crippen LogP contribution < -0.4 is 10.2 Å². The van der Waals surface area contributed by atoms with Crippen LogP contribution >= 0.6 is 0 Å². The number of benzene rings is 1. The number of fused-ring (bicyclic) bond motifs is 1. The van der Waals surface area contributed by atoms with Crippen LogP contribution in [0.1, 0.15) is 23.2 Å². The number of aryl methyl sites for hydroxylation is 2. The van der Waals surface area contributed by atoms with E-state index < -0.39 is 0 Å². The molecule has 4 rings (SSSR count). The van der Waals surface area contributed by atoms with E-state index in [0.29, 0.717) is 6.42 Å². The molecule has 1 aliphatic carbocycles. The van der Waals surface area contributed by atoms with Crippen molar-refractivity contribution in [3.8, 4) is 0 Å². The number of hydrogen-bond donors (Lipinski definition) is 1. The van der Waals surface area contributed by atoms with Crippen molar-refractivity contribution in [2.24, 2.45) is 5.92 Å². The minimum Gasteiger partial charge on any atom is -0.378 e. The van der Waals surface area contributed by atoms with Crippen LogP contribution in [0.15, 0.2) is 30.5 Å². The van der Waals surface area contributed by atoms with Gasteiger partial charge in [-0.2, -0.15) is 0 Å². The van der Waals surface area contributed by atoms with Gasteiger partial charge in [0.05, 0.1) is 13.2 Å². The highest BCUT2D eigenvalue weighted by atomic mass is 16.5. The van der Waals surface area contributed by atoms with Gasteiger partial charge in [-0.3, -0.25) is 4.79 Å². The van der Waals surface area contributed by atoms with Crippen molar-refractivity contribution in [3.05, 3.63) is 47.3 Å². The number of nitrogens with one attached hydrogen (secondary N) is 1. The molecule has 1 aliphatic heterocycles. The predicted molar refractivity (Wildman–Crippen MR) is 100 cm³/mol. The zero-order valence-corrected chi connectivity index (χ0v) is 15.1. The molecule has 1 aromatic heterocycles. The molecule has 1 fully saturated rings. The number of morpholine rings is 1. The highest BCUT2D eigenvalue weighted by Crippen LogP contribution is 2.26. The molecule has 0 spiro atoms. The maximum Gasteiger partial charge on any atom is 0.227 e. The smallest absolute Gasteiger partial charge is 0.227 e. The molecule has 0 bridgehead atoms. The molecule has 6 nitrogen and oxygen atoms in total. The molecule has 0 saturated carbocycles. The predicted octanol–water partition coefficient (Wildman–Crippen LogP) is 2.37. The van der Waals surface area contributed by atoms with E-state index in [2.05, 4.69) is 15.2 Å². The van der Waals surface area contributed by atoms with Gasteiger partial charge in [0.25, 0.3) is 0 Å². The van der Waals surface area contributed by atoms with Crippen LogP contribution in [0.3, 0.4) is 0 Å². The standard InChI is InChI=1S/C20H24N4O2/c1-14-3-2-4-17(11-14)22-19(25)15-5-6-18-16(12-15)13-21-20(23-18)24-7-9-26-10-8-24/h2-4,11,13,15H,5-10,12H2,1H3,(H,22,25). The number of ether oxygens (including phenoxy) is 1. The maximum atomic E-state index is 12.6. The maximum absolute atomic E-state index is 12.6. The monoisotopic (exact) mass is 352 g/mol. The van der Waals surface area contributed by atoms with Gasteiger partial charge < -0.3 is 15.0 Å². The molecule has 1 amide bonds. The molecular weight excluding hydrogens is 328 g/mol. The fourth-order valence-electron chi connectivity index (χ4n) is 3.60. The number of nitrogens with zero attached hydrogens (tertiary/aromatic N) is 3. The third-order valence-electron chi connectivity index (χ3n) is 5.09. The van der Waals surface area contributed by atoms with E-state index in [4.69, 9.17) is 9.72 Å². The van der Waals surface area contributed by atoms with E-state index in [1.165, 1.54) is 0 Å². The fourth-order valence-corrected chi connectivity index (χ4v) is 3.60. The summed E-state index contributed by atoms with van der Waals surface area (Å²) in [5.74, 6) is 0.842. The Morgan fingerprint density at radius 1 is 1.31 bits per heavy atom. The van der Waals surface area contributed by atoms with Gasteiger partial charge >= 0.3 is 0 Å². The van der Waals surface area contributed by atoms with Gasteiger partial charge in [0.2, 0.25) is 11.9 Å². The van der Waals surface area contributed by atoms with Crippen molar-refractivity contribution in [1.29, 1.82) is 0 Å². The zero-order chi connectivity index (χ0) is 17.9. The third kappa shape index (κ3) is 3.70. The van der Waals surface area contributed by atoms with Crippen molar-refractivity contribution >= 4 is 17.5 Å². The lowest BCUT2D eigenvalue weighted by Crippen LogP contribution is -2.38. The molecule has 1 atom stereocenters. The van der Waals surface area contributed by atoms with Gasteiger partial charge in [0.1, 0.15) is 0 Å². The lowest BCUT2D eigenvalue weighted by Gasteiger charge is -2.28. The van der Waals surface area contributed by atoms with E-state index in [9.17, 15) is 4.79 Å². The van der Waals surface area contributed by atoms with Crippen molar-refractivity contribution in [1.82, 2.24) is 9.97 Å². The van der Waals surface area contributed by atoms with E-state index >= 15 is 0 Å². The summed E-state index contributed by atoms with van der Waals surface area (Å²) in [7, 11) is 0. The quantitative estimate of drug-likeness (QED) is 0.918. The average molecular weight is 352 g/mol. The number of hydrogen-bond acceptors (Lipinski definition) is 5. The summed E-state index contributed by atoms with van der Waals surface area (Å²) >= 11 is 0. The number of carbonyl (C=O) groups is 1. The van der Waals surface area contributed by atoms with Crippen LogP contribution in [0.2, 0.25) is 0 Å². The molecule has 1 saturated heterocycles. The summed E-state index contributed by atoms with van der Waals surface area (Å²) < 4.78 is 5.39. The molecule has 2 aromatic rings. The van der Waals surface area contributed by atoms with Gasteiger partial charge in [-0.25, -0.2) is 9.97 Å². The van der Waals surface area contributed by atoms with E-state index in [1.807, 2.05) is 37.4 Å². The second-order valence-corrected chi connectivity index (χ2v) is 7.04. The fraction of sp³-hybridized carbons (Fsp3) is 0.450. The number of aromatic nitrogens is 2. The lowest BCUT2D eigenvalue weighted by molar-refractivity contribution is -0.120. The summed E-state index contributed by atoms with van der Waals surface area (Å²) in [5.41, 5.74) is 4.18. The van der Waals surface area contributed by atoms with Crippen LogP contribution in [0.5, 0.6) is 0 Å². The van der Waals surface area contributed by atoms with Crippen molar-refractivity contribution < 1.29 is 9.53 Å². The summed E-state index contributed by atoms with van der Waals surface area (Å²) in [5, 5.41) is 3.04. The van der Waals surface area contributed by atoms with Crippen LogP contribution in [-0.2, 0) is 22.4 Å². The first-order valence-electron chi connectivity index (χ1n) is 9.24. The van der Waals surface area contributed by atoms with E-state index in [-0.39, 0.29) is 11.8 Å². The number of anilines is 2. The second-order valence-electron chi connectivity index (χ2n) is 7.04. The van der Waals surface area contributed by atoms with Gasteiger partial charge in [0.15, 0.2) is 0 Å². The van der Waals surface area contributed by atoms with E-state index in [0.717, 1.165) is 67.6 Å². The summed E-state index contributed by atoms with van der Waals surface area (Å²) in [6.45, 7) is 5.14. The van der Waals surface area contributed by atoms with Gasteiger partial charge in [-0.1, -0.05) is 12.1 Å². The van der Waals surface area contributed by atoms with Gasteiger partial charge in [-0.15, -0.1) is 0 Å². The minimum atomic E-state index is -0.0270. The molecule has 1 aromatic carbocycles. The SMILES string of the molecule is Cc1cccc(NC(=O)C2CCc3nc(N4CCOCC4)ncc3C2)c1. The Morgan fingerprint density at radius 2 is 2.15 bits per heavy atom. The third-order valence-corrected chi connectivity index (χ3v) is 5.09. The van der Waals surface area contributed by atoms with E-state index in [1.54, 1.807) is 0 Å². The first-order chi connectivity index (χ1) is 12.7. The van der Waals surface area contributed by atoms with Crippen molar-refractivity contribution in [3.63, 3.8) is 0 Å². The lowest BCUT2D eigenvalue weighted by atomic mass is 9.86. The Hall–Kier alpha value is -2.47. The Labute approximate surface area is 153 Å². The molecule has 1 N–H and O–H groups in total.